The van der Waals surface area contributed by atoms with Crippen LogP contribution in [0.15, 0.2) is 29.1 Å². The summed E-state index contributed by atoms with van der Waals surface area (Å²) in [6, 6.07) is 1.74. The molecule has 0 saturated carbocycles. The third-order valence-corrected chi connectivity index (χ3v) is 2.45. The topological polar surface area (TPSA) is 47.9 Å². The Labute approximate surface area is 110 Å². The Balaban J connectivity index is 2.30. The zero-order valence-corrected chi connectivity index (χ0v) is 10.8. The molecule has 0 saturated heterocycles. The van der Waals surface area contributed by atoms with Gasteiger partial charge in [0, 0.05) is 10.7 Å². The largest absolute Gasteiger partial charge is 0.436 e. The van der Waals surface area contributed by atoms with Crippen molar-refractivity contribution in [2.75, 3.05) is 0 Å². The maximum Gasteiger partial charge on any atom is 0.242 e. The highest BCUT2D eigenvalue weighted by Crippen LogP contribution is 2.28. The van der Waals surface area contributed by atoms with Gasteiger partial charge in [0.2, 0.25) is 11.2 Å². The molecule has 0 aliphatic carbocycles. The smallest absolute Gasteiger partial charge is 0.242 e. The molecule has 7 heteroatoms. The van der Waals surface area contributed by atoms with Crippen LogP contribution in [0.1, 0.15) is 0 Å². The number of halogens is 3. The van der Waals surface area contributed by atoms with Crippen molar-refractivity contribution in [1.29, 1.82) is 0 Å². The van der Waals surface area contributed by atoms with Crippen molar-refractivity contribution in [1.82, 2.24) is 15.0 Å². The second-order valence-corrected chi connectivity index (χ2v) is 4.39. The standard InChI is InChI=1S/C9H4BrCl2N3O/c10-5-1-6(3-13-2-5)16-8-7(11)4-14-9(12)15-8/h1-4H. The van der Waals surface area contributed by atoms with E-state index < -0.39 is 0 Å². The van der Waals surface area contributed by atoms with E-state index in [9.17, 15) is 0 Å². The summed E-state index contributed by atoms with van der Waals surface area (Å²) in [6.07, 6.45) is 4.55. The zero-order valence-electron chi connectivity index (χ0n) is 7.69. The molecule has 0 amide bonds. The summed E-state index contributed by atoms with van der Waals surface area (Å²) in [6.45, 7) is 0. The SMILES string of the molecule is Clc1ncc(Cl)c(Oc2cncc(Br)c2)n1. The monoisotopic (exact) mass is 319 g/mol. The molecule has 0 bridgehead atoms. The quantitative estimate of drug-likeness (QED) is 0.791. The highest BCUT2D eigenvalue weighted by molar-refractivity contribution is 9.10. The number of nitrogens with zero attached hydrogens (tertiary/aromatic N) is 3. The summed E-state index contributed by atoms with van der Waals surface area (Å²) in [7, 11) is 0. The van der Waals surface area contributed by atoms with Crippen LogP contribution < -0.4 is 4.74 Å². The van der Waals surface area contributed by atoms with Crippen LogP contribution in [0.25, 0.3) is 0 Å². The molecule has 0 aromatic carbocycles. The number of rotatable bonds is 2. The Morgan fingerprint density at radius 1 is 1.19 bits per heavy atom. The van der Waals surface area contributed by atoms with E-state index in [2.05, 4.69) is 30.9 Å². The van der Waals surface area contributed by atoms with Gasteiger partial charge in [0.25, 0.3) is 0 Å². The lowest BCUT2D eigenvalue weighted by atomic mass is 10.5. The van der Waals surface area contributed by atoms with E-state index in [0.29, 0.717) is 5.75 Å². The fraction of sp³-hybridized carbons (Fsp3) is 0. The molecule has 0 radical (unpaired) electrons. The van der Waals surface area contributed by atoms with E-state index in [0.717, 1.165) is 4.47 Å². The molecule has 0 aliphatic heterocycles. The minimum atomic E-state index is 0.0716. The predicted octanol–water partition coefficient (Wildman–Crippen LogP) is 3.73. The first-order valence-corrected chi connectivity index (χ1v) is 5.66. The number of hydrogen-bond donors (Lipinski definition) is 0. The average Bonchev–Trinajstić information content (AvgIpc) is 2.24. The molecule has 0 aliphatic rings. The van der Waals surface area contributed by atoms with E-state index in [4.69, 9.17) is 27.9 Å². The van der Waals surface area contributed by atoms with Crippen LogP contribution in [0, 0.1) is 0 Å². The molecule has 4 nitrogen and oxygen atoms in total. The van der Waals surface area contributed by atoms with Gasteiger partial charge < -0.3 is 4.74 Å². The van der Waals surface area contributed by atoms with Gasteiger partial charge in [-0.3, -0.25) is 4.98 Å². The summed E-state index contributed by atoms with van der Waals surface area (Å²) in [5, 5.41) is 0.353. The first-order valence-electron chi connectivity index (χ1n) is 4.11. The first kappa shape index (κ1) is 11.6. The summed E-state index contributed by atoms with van der Waals surface area (Å²) in [5.74, 6) is 0.701. The normalized spacial score (nSPS) is 10.2. The Morgan fingerprint density at radius 2 is 2.00 bits per heavy atom. The minimum absolute atomic E-state index is 0.0716. The van der Waals surface area contributed by atoms with Crippen LogP contribution in [-0.4, -0.2) is 15.0 Å². The number of ether oxygens (including phenoxy) is 1. The third-order valence-electron chi connectivity index (χ3n) is 1.58. The number of pyridine rings is 1. The van der Waals surface area contributed by atoms with Crippen LogP contribution >= 0.6 is 39.1 Å². The van der Waals surface area contributed by atoms with Gasteiger partial charge in [-0.25, -0.2) is 4.98 Å². The Hall–Kier alpha value is -0.910. The lowest BCUT2D eigenvalue weighted by Crippen LogP contribution is -1.91. The van der Waals surface area contributed by atoms with Gasteiger partial charge in [-0.1, -0.05) is 11.6 Å². The average molecular weight is 321 g/mol. The van der Waals surface area contributed by atoms with Crippen molar-refractivity contribution < 1.29 is 4.74 Å². The molecule has 0 spiro atoms. The molecule has 2 heterocycles. The van der Waals surface area contributed by atoms with Gasteiger partial charge in [0.15, 0.2) is 0 Å². The summed E-state index contributed by atoms with van der Waals surface area (Å²) >= 11 is 14.7. The predicted molar refractivity (Wildman–Crippen MR) is 64.1 cm³/mol. The van der Waals surface area contributed by atoms with Crippen molar-refractivity contribution in [3.05, 3.63) is 39.4 Å². The molecular formula is C9H4BrCl2N3O. The van der Waals surface area contributed by atoms with Crippen LogP contribution in [0.5, 0.6) is 11.6 Å². The van der Waals surface area contributed by atoms with Crippen LogP contribution in [0.2, 0.25) is 10.3 Å². The zero-order chi connectivity index (χ0) is 11.5. The van der Waals surface area contributed by atoms with E-state index in [1.54, 1.807) is 12.3 Å². The molecule has 0 unspecified atom stereocenters. The third kappa shape index (κ3) is 2.81. The van der Waals surface area contributed by atoms with Gasteiger partial charge in [0.05, 0.1) is 12.4 Å². The summed E-state index contributed by atoms with van der Waals surface area (Å²) in [5.41, 5.74) is 0. The fourth-order valence-electron chi connectivity index (χ4n) is 0.963. The van der Waals surface area contributed by atoms with Crippen LogP contribution in [0.4, 0.5) is 0 Å². The molecule has 16 heavy (non-hydrogen) atoms. The van der Waals surface area contributed by atoms with Crippen molar-refractivity contribution in [2.45, 2.75) is 0 Å². The molecular weight excluding hydrogens is 317 g/mol. The molecule has 82 valence electrons. The van der Waals surface area contributed by atoms with Gasteiger partial charge in [-0.2, -0.15) is 4.98 Å². The number of aromatic nitrogens is 3. The molecule has 0 atom stereocenters. The van der Waals surface area contributed by atoms with Gasteiger partial charge in [0.1, 0.15) is 10.8 Å². The van der Waals surface area contributed by atoms with E-state index >= 15 is 0 Å². The Kier molecular flexibility index (Phi) is 3.58. The van der Waals surface area contributed by atoms with Crippen molar-refractivity contribution >= 4 is 39.1 Å². The Morgan fingerprint density at radius 3 is 2.75 bits per heavy atom. The molecule has 0 fully saturated rings. The van der Waals surface area contributed by atoms with E-state index in [1.807, 2.05) is 0 Å². The second-order valence-electron chi connectivity index (χ2n) is 2.73. The van der Waals surface area contributed by atoms with E-state index in [-0.39, 0.29) is 16.2 Å². The molecule has 2 aromatic rings. The van der Waals surface area contributed by atoms with E-state index in [1.165, 1.54) is 12.4 Å². The van der Waals surface area contributed by atoms with Crippen LogP contribution in [-0.2, 0) is 0 Å². The van der Waals surface area contributed by atoms with Gasteiger partial charge in [-0.05, 0) is 33.6 Å². The highest BCUT2D eigenvalue weighted by Gasteiger charge is 2.07. The first-order chi connectivity index (χ1) is 7.65. The number of hydrogen-bond acceptors (Lipinski definition) is 4. The lowest BCUT2D eigenvalue weighted by molar-refractivity contribution is 0.459. The minimum Gasteiger partial charge on any atom is -0.436 e. The van der Waals surface area contributed by atoms with Crippen molar-refractivity contribution in [3.63, 3.8) is 0 Å². The van der Waals surface area contributed by atoms with Gasteiger partial charge >= 0.3 is 0 Å². The molecule has 2 aromatic heterocycles. The van der Waals surface area contributed by atoms with Crippen molar-refractivity contribution in [2.24, 2.45) is 0 Å². The Bertz CT molecular complexity index is 524. The fourth-order valence-corrected chi connectivity index (χ4v) is 1.56. The summed E-state index contributed by atoms with van der Waals surface area (Å²) < 4.78 is 6.20. The summed E-state index contributed by atoms with van der Waals surface area (Å²) in [4.78, 5) is 11.5. The maximum absolute atomic E-state index is 5.85. The highest BCUT2D eigenvalue weighted by atomic mass is 79.9. The lowest BCUT2D eigenvalue weighted by Gasteiger charge is -2.05. The maximum atomic E-state index is 5.85. The molecule has 0 N–H and O–H groups in total. The van der Waals surface area contributed by atoms with Crippen LogP contribution in [0.3, 0.4) is 0 Å². The molecule has 2 rings (SSSR count). The van der Waals surface area contributed by atoms with Gasteiger partial charge in [-0.15, -0.1) is 0 Å². The van der Waals surface area contributed by atoms with Crippen molar-refractivity contribution in [3.8, 4) is 11.6 Å². The second kappa shape index (κ2) is 4.95.